The molecule has 2 N–H and O–H groups in total. The zero-order valence-corrected chi connectivity index (χ0v) is 18.8. The predicted molar refractivity (Wildman–Crippen MR) is 118 cm³/mol. The molecule has 1 aliphatic rings. The Labute approximate surface area is 174 Å². The van der Waals surface area contributed by atoms with Gasteiger partial charge in [0.1, 0.15) is 17.6 Å². The lowest BCUT2D eigenvalue weighted by molar-refractivity contribution is 0.222. The molecule has 1 aromatic carbocycles. The lowest BCUT2D eigenvalue weighted by Crippen LogP contribution is -2.47. The Morgan fingerprint density at radius 2 is 1.88 bits per heavy atom. The van der Waals surface area contributed by atoms with Crippen molar-refractivity contribution < 1.29 is 9.47 Å². The third-order valence-corrected chi connectivity index (χ3v) is 4.47. The molecular weight excluding hydrogens is 443 g/mol. The van der Waals surface area contributed by atoms with Crippen molar-refractivity contribution in [2.45, 2.75) is 31.9 Å². The van der Waals surface area contributed by atoms with E-state index in [9.17, 15) is 0 Å². The fraction of sp³-hybridized carbons (Fsp3) is 0.632. The fourth-order valence-electron chi connectivity index (χ4n) is 2.86. The molecule has 0 amide bonds. The van der Waals surface area contributed by atoms with Crippen LogP contribution in [0.15, 0.2) is 29.3 Å². The van der Waals surface area contributed by atoms with Crippen molar-refractivity contribution in [1.29, 1.82) is 0 Å². The van der Waals surface area contributed by atoms with Gasteiger partial charge in [-0.25, -0.2) is 0 Å². The Morgan fingerprint density at radius 1 is 1.23 bits per heavy atom. The van der Waals surface area contributed by atoms with Gasteiger partial charge in [-0.15, -0.1) is 24.0 Å². The minimum absolute atomic E-state index is 0. The highest BCUT2D eigenvalue weighted by molar-refractivity contribution is 14.0. The molecule has 0 heterocycles. The Hall–Kier alpha value is -1.22. The van der Waals surface area contributed by atoms with Crippen molar-refractivity contribution in [3.63, 3.8) is 0 Å². The van der Waals surface area contributed by atoms with Crippen molar-refractivity contribution in [2.24, 2.45) is 10.9 Å². The molecule has 1 saturated carbocycles. The zero-order chi connectivity index (χ0) is 18.2. The molecule has 0 saturated heterocycles. The van der Waals surface area contributed by atoms with Crippen LogP contribution in [0.25, 0.3) is 0 Å². The Kier molecular flexibility index (Phi) is 10.1. The van der Waals surface area contributed by atoms with E-state index in [1.54, 1.807) is 14.2 Å². The van der Waals surface area contributed by atoms with Gasteiger partial charge in [-0.3, -0.25) is 4.99 Å². The van der Waals surface area contributed by atoms with Crippen LogP contribution >= 0.6 is 24.0 Å². The number of nitrogens with one attached hydrogen (secondary N) is 2. The number of hydrogen-bond donors (Lipinski definition) is 2. The highest BCUT2D eigenvalue weighted by atomic mass is 127. The molecule has 2 rings (SSSR count). The van der Waals surface area contributed by atoms with Crippen LogP contribution < -0.4 is 20.1 Å². The minimum Gasteiger partial charge on any atom is -0.497 e. The minimum atomic E-state index is 0. The number of guanidine groups is 1. The van der Waals surface area contributed by atoms with Crippen molar-refractivity contribution in [3.8, 4) is 11.5 Å². The van der Waals surface area contributed by atoms with Gasteiger partial charge in [-0.05, 0) is 51.9 Å². The maximum Gasteiger partial charge on any atom is 0.191 e. The summed E-state index contributed by atoms with van der Waals surface area (Å²) in [7, 11) is 7.74. The van der Waals surface area contributed by atoms with Crippen LogP contribution in [-0.4, -0.2) is 64.3 Å². The number of rotatable bonds is 9. The van der Waals surface area contributed by atoms with E-state index in [0.717, 1.165) is 29.9 Å². The molecule has 0 aromatic heterocycles. The Morgan fingerprint density at radius 3 is 2.46 bits per heavy atom. The third-order valence-electron chi connectivity index (χ3n) is 4.47. The molecule has 1 aliphatic carbocycles. The molecule has 0 aliphatic heterocycles. The molecule has 26 heavy (non-hydrogen) atoms. The summed E-state index contributed by atoms with van der Waals surface area (Å²) < 4.78 is 11.2. The number of ether oxygens (including phenoxy) is 2. The molecule has 0 spiro atoms. The Balaban J connectivity index is 0.00000338. The number of likely N-dealkylation sites (N-methyl/N-ethyl adjacent to an activating group) is 1. The van der Waals surface area contributed by atoms with Gasteiger partial charge in [-0.1, -0.05) is 6.07 Å². The predicted octanol–water partition coefficient (Wildman–Crippen LogP) is 2.59. The number of halogens is 1. The summed E-state index contributed by atoms with van der Waals surface area (Å²) in [6.07, 6.45) is 2.68. The molecule has 0 bridgehead atoms. The van der Waals surface area contributed by atoms with Crippen LogP contribution in [0.5, 0.6) is 11.5 Å². The van der Waals surface area contributed by atoms with Gasteiger partial charge in [0.05, 0.1) is 13.7 Å². The summed E-state index contributed by atoms with van der Waals surface area (Å²) in [6, 6.07) is 8.21. The topological polar surface area (TPSA) is 58.1 Å². The number of aliphatic imine (C=N–C) groups is 1. The molecule has 148 valence electrons. The van der Waals surface area contributed by atoms with Gasteiger partial charge in [0, 0.05) is 25.7 Å². The number of methoxy groups -OCH3 is 1. The van der Waals surface area contributed by atoms with Gasteiger partial charge in [0.15, 0.2) is 5.96 Å². The third kappa shape index (κ3) is 7.57. The van der Waals surface area contributed by atoms with Crippen molar-refractivity contribution in [2.75, 3.05) is 41.3 Å². The van der Waals surface area contributed by atoms with E-state index < -0.39 is 0 Å². The lowest BCUT2D eigenvalue weighted by Gasteiger charge is -2.25. The van der Waals surface area contributed by atoms with Crippen LogP contribution in [0, 0.1) is 5.92 Å². The average Bonchev–Trinajstić information content (AvgIpc) is 3.42. The first-order valence-electron chi connectivity index (χ1n) is 8.95. The van der Waals surface area contributed by atoms with E-state index in [2.05, 4.69) is 34.6 Å². The SMILES string of the molecule is CN=C(NCC(C)Oc1cccc(OC)c1)NCC(C1CC1)N(C)C.I. The maximum absolute atomic E-state index is 5.93. The summed E-state index contributed by atoms with van der Waals surface area (Å²) in [5.74, 6) is 3.23. The Bertz CT molecular complexity index is 562. The van der Waals surface area contributed by atoms with Crippen LogP contribution in [0.1, 0.15) is 19.8 Å². The van der Waals surface area contributed by atoms with E-state index in [4.69, 9.17) is 9.47 Å². The largest absolute Gasteiger partial charge is 0.497 e. The van der Waals surface area contributed by atoms with Crippen molar-refractivity contribution >= 4 is 29.9 Å². The van der Waals surface area contributed by atoms with Crippen molar-refractivity contribution in [1.82, 2.24) is 15.5 Å². The van der Waals surface area contributed by atoms with Crippen molar-refractivity contribution in [3.05, 3.63) is 24.3 Å². The summed E-state index contributed by atoms with van der Waals surface area (Å²) in [4.78, 5) is 6.60. The number of hydrogen-bond acceptors (Lipinski definition) is 4. The van der Waals surface area contributed by atoms with Crippen LogP contribution in [0.3, 0.4) is 0 Å². The molecule has 2 unspecified atom stereocenters. The molecule has 6 nitrogen and oxygen atoms in total. The van der Waals surface area contributed by atoms with Crippen LogP contribution in [-0.2, 0) is 0 Å². The van der Waals surface area contributed by atoms with E-state index in [1.165, 1.54) is 12.8 Å². The fourth-order valence-corrected chi connectivity index (χ4v) is 2.86. The summed E-state index contributed by atoms with van der Waals surface area (Å²) >= 11 is 0. The second-order valence-corrected chi connectivity index (χ2v) is 6.81. The monoisotopic (exact) mass is 476 g/mol. The summed E-state index contributed by atoms with van der Waals surface area (Å²) in [6.45, 7) is 3.61. The van der Waals surface area contributed by atoms with E-state index in [0.29, 0.717) is 12.6 Å². The summed E-state index contributed by atoms with van der Waals surface area (Å²) in [5.41, 5.74) is 0. The summed E-state index contributed by atoms with van der Waals surface area (Å²) in [5, 5.41) is 6.77. The number of nitrogens with zero attached hydrogens (tertiary/aromatic N) is 2. The van der Waals surface area contributed by atoms with Crippen LogP contribution in [0.4, 0.5) is 0 Å². The molecule has 1 fully saturated rings. The van der Waals surface area contributed by atoms with Crippen LogP contribution in [0.2, 0.25) is 0 Å². The first-order chi connectivity index (χ1) is 12.0. The zero-order valence-electron chi connectivity index (χ0n) is 16.5. The first-order valence-corrected chi connectivity index (χ1v) is 8.95. The molecular formula is C19H33IN4O2. The van der Waals surface area contributed by atoms with E-state index in [1.807, 2.05) is 31.2 Å². The molecule has 7 heteroatoms. The first kappa shape index (κ1) is 22.8. The second-order valence-electron chi connectivity index (χ2n) is 6.81. The normalized spacial score (nSPS) is 16.5. The molecule has 0 radical (unpaired) electrons. The quantitative estimate of drug-likeness (QED) is 0.326. The lowest BCUT2D eigenvalue weighted by atomic mass is 10.1. The maximum atomic E-state index is 5.93. The second kappa shape index (κ2) is 11.5. The smallest absolute Gasteiger partial charge is 0.191 e. The van der Waals surface area contributed by atoms with Gasteiger partial charge in [0.25, 0.3) is 0 Å². The van der Waals surface area contributed by atoms with Gasteiger partial charge in [0.2, 0.25) is 0 Å². The van der Waals surface area contributed by atoms with Gasteiger partial charge in [-0.2, -0.15) is 0 Å². The molecule has 2 atom stereocenters. The average molecular weight is 476 g/mol. The van der Waals surface area contributed by atoms with E-state index >= 15 is 0 Å². The van der Waals surface area contributed by atoms with Gasteiger partial charge >= 0.3 is 0 Å². The van der Waals surface area contributed by atoms with Gasteiger partial charge < -0.3 is 25.0 Å². The van der Waals surface area contributed by atoms with E-state index in [-0.39, 0.29) is 30.1 Å². The highest BCUT2D eigenvalue weighted by Gasteiger charge is 2.32. The molecule has 1 aromatic rings. The highest BCUT2D eigenvalue weighted by Crippen LogP contribution is 2.34. The number of benzene rings is 1. The standard InChI is InChI=1S/C19H32N4O2.HI/c1-14(25-17-8-6-7-16(11-17)24-5)12-21-19(20-2)22-13-18(23(3)4)15-9-10-15;/h6-8,11,14-15,18H,9-10,12-13H2,1-5H3,(H2,20,21,22);1H.